The molecule has 0 spiro atoms. The number of fused-ring (bicyclic) bond motifs is 2. The number of aromatic nitrogens is 1. The van der Waals surface area contributed by atoms with Gasteiger partial charge in [-0.1, -0.05) is 61.4 Å². The maximum Gasteiger partial charge on any atom is 0.339 e. The maximum absolute atomic E-state index is 13.1. The van der Waals surface area contributed by atoms with Gasteiger partial charge in [-0.05, 0) is 37.3 Å². The zero-order valence-electron chi connectivity index (χ0n) is 15.8. The predicted molar refractivity (Wildman–Crippen MR) is 109 cm³/mol. The number of carbonyl (C=O) groups excluding carboxylic acids is 2. The Morgan fingerprint density at radius 2 is 1.57 bits per heavy atom. The first-order valence-corrected chi connectivity index (χ1v) is 9.90. The predicted octanol–water partition coefficient (Wildman–Crippen LogP) is 4.93. The number of ketones is 1. The molecule has 0 amide bonds. The van der Waals surface area contributed by atoms with E-state index in [0.29, 0.717) is 11.1 Å². The highest BCUT2D eigenvalue weighted by Crippen LogP contribution is 2.29. The molecule has 2 aromatic carbocycles. The van der Waals surface area contributed by atoms with E-state index in [9.17, 15) is 9.59 Å². The molecule has 0 atom stereocenters. The van der Waals surface area contributed by atoms with Gasteiger partial charge in [0.1, 0.15) is 0 Å². The smallest absolute Gasteiger partial charge is 0.339 e. The number of rotatable bonds is 4. The molecule has 0 fully saturated rings. The fourth-order valence-electron chi connectivity index (χ4n) is 3.87. The lowest BCUT2D eigenvalue weighted by Crippen LogP contribution is -2.18. The second kappa shape index (κ2) is 8.34. The van der Waals surface area contributed by atoms with E-state index in [1.54, 1.807) is 24.3 Å². The van der Waals surface area contributed by atoms with E-state index in [0.717, 1.165) is 54.3 Å². The van der Waals surface area contributed by atoms with Gasteiger partial charge in [-0.2, -0.15) is 0 Å². The number of ether oxygens (including phenoxy) is 1. The summed E-state index contributed by atoms with van der Waals surface area (Å²) in [6.45, 7) is -0.256. The molecule has 0 aliphatic heterocycles. The van der Waals surface area contributed by atoms with E-state index in [-0.39, 0.29) is 12.4 Å². The summed E-state index contributed by atoms with van der Waals surface area (Å²) in [5, 5.41) is 0.805. The van der Waals surface area contributed by atoms with Crippen LogP contribution in [0.4, 0.5) is 0 Å². The van der Waals surface area contributed by atoms with E-state index in [1.165, 1.54) is 6.42 Å². The first kappa shape index (κ1) is 18.4. The summed E-state index contributed by atoms with van der Waals surface area (Å²) < 4.78 is 5.47. The molecule has 0 unspecified atom stereocenters. The van der Waals surface area contributed by atoms with E-state index >= 15 is 0 Å². The number of aryl methyl sites for hydroxylation is 1. The number of para-hydroxylation sites is 1. The molecule has 1 aliphatic rings. The van der Waals surface area contributed by atoms with Crippen LogP contribution in [0.3, 0.4) is 0 Å². The van der Waals surface area contributed by atoms with Crippen molar-refractivity contribution in [3.05, 3.63) is 77.0 Å². The molecule has 1 aliphatic carbocycles. The van der Waals surface area contributed by atoms with Gasteiger partial charge in [0.05, 0.1) is 11.1 Å². The third-order valence-electron chi connectivity index (χ3n) is 5.30. The van der Waals surface area contributed by atoms with Crippen molar-refractivity contribution >= 4 is 22.7 Å². The summed E-state index contributed by atoms with van der Waals surface area (Å²) in [5.74, 6) is -0.630. The lowest BCUT2D eigenvalue weighted by Gasteiger charge is -2.18. The molecule has 0 bridgehead atoms. The second-order valence-electron chi connectivity index (χ2n) is 7.21. The van der Waals surface area contributed by atoms with Crippen LogP contribution in [-0.4, -0.2) is 23.3 Å². The first-order valence-electron chi connectivity index (χ1n) is 9.90. The van der Waals surface area contributed by atoms with Crippen molar-refractivity contribution in [2.24, 2.45) is 0 Å². The summed E-state index contributed by atoms with van der Waals surface area (Å²) in [7, 11) is 0. The SMILES string of the molecule is O=C(COC(=O)c1c2c(nc3ccccc13)CCCCCC2)c1ccccc1. The Kier molecular flexibility index (Phi) is 5.47. The molecular formula is C24H23NO3. The van der Waals surface area contributed by atoms with Crippen LogP contribution in [0.15, 0.2) is 54.6 Å². The van der Waals surface area contributed by atoms with Crippen LogP contribution in [0, 0.1) is 0 Å². The molecule has 142 valence electrons. The average molecular weight is 373 g/mol. The number of Topliss-reactive ketones (excluding diaryl/α,β-unsaturated/α-hetero) is 1. The van der Waals surface area contributed by atoms with Gasteiger partial charge in [-0.15, -0.1) is 0 Å². The van der Waals surface area contributed by atoms with E-state index in [1.807, 2.05) is 30.3 Å². The minimum atomic E-state index is -0.431. The topological polar surface area (TPSA) is 56.3 Å². The standard InChI is InChI=1S/C24H23NO3/c26-22(17-10-4-3-5-11-17)16-28-24(27)23-18-12-6-1-2-7-14-20(18)25-21-15-9-8-13-19(21)23/h3-5,8-11,13,15H,1-2,6-7,12,14,16H2. The van der Waals surface area contributed by atoms with Crippen LogP contribution in [0.2, 0.25) is 0 Å². The van der Waals surface area contributed by atoms with Crippen molar-refractivity contribution in [2.75, 3.05) is 6.61 Å². The minimum absolute atomic E-state index is 0.199. The summed E-state index contributed by atoms with van der Waals surface area (Å²) in [6, 6.07) is 16.6. The summed E-state index contributed by atoms with van der Waals surface area (Å²) in [5.41, 5.74) is 3.94. The van der Waals surface area contributed by atoms with Gasteiger partial charge in [-0.25, -0.2) is 4.79 Å². The van der Waals surface area contributed by atoms with Crippen LogP contribution >= 0.6 is 0 Å². The van der Waals surface area contributed by atoms with Gasteiger partial charge >= 0.3 is 5.97 Å². The Balaban J connectivity index is 1.67. The highest BCUT2D eigenvalue weighted by atomic mass is 16.5. The highest BCUT2D eigenvalue weighted by Gasteiger charge is 2.23. The van der Waals surface area contributed by atoms with Crippen LogP contribution in [0.5, 0.6) is 0 Å². The number of carbonyl (C=O) groups is 2. The fraction of sp³-hybridized carbons (Fsp3) is 0.292. The number of nitrogens with zero attached hydrogens (tertiary/aromatic N) is 1. The Hall–Kier alpha value is -3.01. The largest absolute Gasteiger partial charge is 0.454 e. The molecule has 4 rings (SSSR count). The first-order chi connectivity index (χ1) is 13.7. The van der Waals surface area contributed by atoms with Gasteiger partial charge in [0.25, 0.3) is 0 Å². The zero-order valence-corrected chi connectivity index (χ0v) is 15.8. The molecular weight excluding hydrogens is 350 g/mol. The number of esters is 1. The van der Waals surface area contributed by atoms with E-state index in [2.05, 4.69) is 0 Å². The van der Waals surface area contributed by atoms with Crippen molar-refractivity contribution in [3.8, 4) is 0 Å². The van der Waals surface area contributed by atoms with Gasteiger partial charge in [0, 0.05) is 16.6 Å². The monoisotopic (exact) mass is 373 g/mol. The third-order valence-corrected chi connectivity index (χ3v) is 5.30. The Labute approximate surface area is 164 Å². The molecule has 0 saturated heterocycles. The van der Waals surface area contributed by atoms with Crippen LogP contribution in [0.1, 0.15) is 57.7 Å². The second-order valence-corrected chi connectivity index (χ2v) is 7.21. The lowest BCUT2D eigenvalue weighted by molar-refractivity contribution is 0.0475. The molecule has 28 heavy (non-hydrogen) atoms. The summed E-state index contributed by atoms with van der Waals surface area (Å²) in [6.07, 6.45) is 6.18. The molecule has 1 heterocycles. The fourth-order valence-corrected chi connectivity index (χ4v) is 3.87. The van der Waals surface area contributed by atoms with Crippen LogP contribution in [-0.2, 0) is 17.6 Å². The van der Waals surface area contributed by atoms with Crippen molar-refractivity contribution in [3.63, 3.8) is 0 Å². The van der Waals surface area contributed by atoms with Gasteiger partial charge in [-0.3, -0.25) is 9.78 Å². The minimum Gasteiger partial charge on any atom is -0.454 e. The third kappa shape index (κ3) is 3.81. The molecule has 3 aromatic rings. The molecule has 4 heteroatoms. The van der Waals surface area contributed by atoms with Gasteiger partial charge in [0.15, 0.2) is 12.4 Å². The molecule has 4 nitrogen and oxygen atoms in total. The normalized spacial score (nSPS) is 14.0. The van der Waals surface area contributed by atoms with Gasteiger partial charge < -0.3 is 4.74 Å². The molecule has 1 aromatic heterocycles. The maximum atomic E-state index is 13.1. The van der Waals surface area contributed by atoms with Crippen molar-refractivity contribution in [2.45, 2.75) is 38.5 Å². The van der Waals surface area contributed by atoms with E-state index < -0.39 is 5.97 Å². The Morgan fingerprint density at radius 3 is 2.39 bits per heavy atom. The van der Waals surface area contributed by atoms with Crippen LogP contribution in [0.25, 0.3) is 10.9 Å². The van der Waals surface area contributed by atoms with E-state index in [4.69, 9.17) is 9.72 Å². The Morgan fingerprint density at radius 1 is 0.857 bits per heavy atom. The summed E-state index contributed by atoms with van der Waals surface area (Å²) in [4.78, 5) is 30.2. The van der Waals surface area contributed by atoms with Crippen molar-refractivity contribution < 1.29 is 14.3 Å². The molecule has 0 radical (unpaired) electrons. The highest BCUT2D eigenvalue weighted by molar-refractivity contribution is 6.06. The quantitative estimate of drug-likeness (QED) is 0.480. The number of pyridine rings is 1. The number of benzene rings is 2. The Bertz CT molecular complexity index is 1010. The zero-order chi connectivity index (χ0) is 19.3. The molecule has 0 N–H and O–H groups in total. The van der Waals surface area contributed by atoms with Crippen molar-refractivity contribution in [1.29, 1.82) is 0 Å². The van der Waals surface area contributed by atoms with Crippen LogP contribution < -0.4 is 0 Å². The molecule has 0 saturated carbocycles. The van der Waals surface area contributed by atoms with Gasteiger partial charge in [0.2, 0.25) is 0 Å². The number of hydrogen-bond donors (Lipinski definition) is 0. The summed E-state index contributed by atoms with van der Waals surface area (Å²) >= 11 is 0. The number of hydrogen-bond acceptors (Lipinski definition) is 4. The average Bonchev–Trinajstić information content (AvgIpc) is 2.72. The lowest BCUT2D eigenvalue weighted by atomic mass is 9.91. The van der Waals surface area contributed by atoms with Crippen molar-refractivity contribution in [1.82, 2.24) is 4.98 Å².